The number of hydrogen-bond acceptors (Lipinski definition) is 10. The number of primary amides is 1. The van der Waals surface area contributed by atoms with Crippen molar-refractivity contribution in [3.05, 3.63) is 45.2 Å². The first kappa shape index (κ1) is 35.3. The van der Waals surface area contributed by atoms with Gasteiger partial charge >= 0.3 is 6.09 Å². The first-order valence-corrected chi connectivity index (χ1v) is 15.0. The maximum Gasteiger partial charge on any atom is 0.405 e. The van der Waals surface area contributed by atoms with E-state index in [1.165, 1.54) is 21.3 Å². The second-order valence-electron chi connectivity index (χ2n) is 10.7. The van der Waals surface area contributed by atoms with Crippen LogP contribution in [0, 0.1) is 11.8 Å². The van der Waals surface area contributed by atoms with E-state index in [1.807, 2.05) is 13.8 Å². The van der Waals surface area contributed by atoms with Crippen molar-refractivity contribution in [3.8, 4) is 0 Å². The Morgan fingerprint density at radius 3 is 2.26 bits per heavy atom. The maximum absolute atomic E-state index is 13.7. The number of ether oxygens (including phenoxy) is 4. The highest BCUT2D eigenvalue weighted by molar-refractivity contribution is 8.03. The minimum Gasteiger partial charge on any atom is -0.492 e. The number of aliphatic hydroxyl groups excluding tert-OH is 1. The third-order valence-corrected chi connectivity index (χ3v) is 8.39. The largest absolute Gasteiger partial charge is 0.492 e. The predicted octanol–water partition coefficient (Wildman–Crippen LogP) is 3.32. The number of ketones is 2. The zero-order valence-electron chi connectivity index (χ0n) is 25.6. The number of amides is 2. The topological polar surface area (TPSA) is 163 Å². The lowest BCUT2D eigenvalue weighted by molar-refractivity contribution is -0.121. The van der Waals surface area contributed by atoms with Crippen molar-refractivity contribution in [1.82, 2.24) is 5.32 Å². The van der Waals surface area contributed by atoms with E-state index in [4.69, 9.17) is 24.7 Å². The highest BCUT2D eigenvalue weighted by Gasteiger charge is 2.38. The second-order valence-corrected chi connectivity index (χ2v) is 11.5. The Morgan fingerprint density at radius 2 is 1.71 bits per heavy atom. The first-order chi connectivity index (χ1) is 19.8. The summed E-state index contributed by atoms with van der Waals surface area (Å²) < 4.78 is 22.1. The fraction of sp³-hybridized carbons (Fsp3) is 0.600. The number of hydrogen-bond donors (Lipinski definition) is 3. The van der Waals surface area contributed by atoms with Crippen molar-refractivity contribution in [2.45, 2.75) is 77.8 Å². The quantitative estimate of drug-likeness (QED) is 0.312. The molecule has 11 nitrogen and oxygen atoms in total. The monoisotopic (exact) mass is 608 g/mol. The van der Waals surface area contributed by atoms with Gasteiger partial charge in [-0.2, -0.15) is 0 Å². The Bertz CT molecular complexity index is 1170. The van der Waals surface area contributed by atoms with Crippen LogP contribution in [-0.2, 0) is 33.3 Å². The number of allylic oxidation sites excluding steroid dienone is 3. The molecule has 2 rings (SSSR count). The molecule has 1 heterocycles. The van der Waals surface area contributed by atoms with Gasteiger partial charge in [-0.25, -0.2) is 4.79 Å². The number of carbonyl (C=O) groups is 4. The minimum absolute atomic E-state index is 0.0557. The molecule has 42 heavy (non-hydrogen) atoms. The predicted molar refractivity (Wildman–Crippen MR) is 159 cm³/mol. The lowest BCUT2D eigenvalue weighted by atomic mass is 9.85. The van der Waals surface area contributed by atoms with Crippen LogP contribution in [0.25, 0.3) is 0 Å². The summed E-state index contributed by atoms with van der Waals surface area (Å²) in [5, 5.41) is 13.9. The molecule has 2 bridgehead atoms. The van der Waals surface area contributed by atoms with Crippen LogP contribution in [0.2, 0.25) is 0 Å². The van der Waals surface area contributed by atoms with E-state index in [0.717, 1.165) is 11.8 Å². The highest BCUT2D eigenvalue weighted by atomic mass is 32.2. The average Bonchev–Trinajstić information content (AvgIpc) is 2.94. The van der Waals surface area contributed by atoms with Gasteiger partial charge in [-0.15, -0.1) is 11.8 Å². The molecule has 1 aliphatic carbocycles. The van der Waals surface area contributed by atoms with E-state index in [1.54, 1.807) is 32.3 Å². The van der Waals surface area contributed by atoms with Crippen LogP contribution < -0.4 is 11.1 Å². The molecule has 2 amide bonds. The Balaban J connectivity index is 2.62. The summed E-state index contributed by atoms with van der Waals surface area (Å²) in [4.78, 5) is 52.0. The molecule has 0 fully saturated rings. The molecule has 2 aliphatic rings. The Morgan fingerprint density at radius 1 is 1.07 bits per heavy atom. The Kier molecular flexibility index (Phi) is 13.5. The molecule has 12 heteroatoms. The second kappa shape index (κ2) is 16.1. The van der Waals surface area contributed by atoms with Gasteiger partial charge < -0.3 is 35.1 Å². The molecule has 6 unspecified atom stereocenters. The minimum atomic E-state index is -0.968. The van der Waals surface area contributed by atoms with Crippen molar-refractivity contribution in [2.75, 3.05) is 27.6 Å². The molecule has 0 saturated heterocycles. The summed E-state index contributed by atoms with van der Waals surface area (Å²) in [5.74, 6) is -2.20. The Hall–Kier alpha value is -2.93. The van der Waals surface area contributed by atoms with Gasteiger partial charge in [0.15, 0.2) is 11.9 Å². The van der Waals surface area contributed by atoms with Gasteiger partial charge in [0.05, 0.1) is 30.3 Å². The smallest absolute Gasteiger partial charge is 0.405 e. The van der Waals surface area contributed by atoms with Gasteiger partial charge in [0, 0.05) is 31.3 Å². The number of nitrogens with one attached hydrogen (secondary N) is 1. The summed E-state index contributed by atoms with van der Waals surface area (Å²) in [7, 11) is 4.31. The van der Waals surface area contributed by atoms with E-state index in [9.17, 15) is 24.3 Å². The lowest BCUT2D eigenvalue weighted by Crippen LogP contribution is -2.38. The van der Waals surface area contributed by atoms with Crippen LogP contribution in [0.1, 0.15) is 53.4 Å². The molecule has 0 aromatic heterocycles. The molecule has 0 saturated carbocycles. The zero-order chi connectivity index (χ0) is 31.7. The van der Waals surface area contributed by atoms with Crippen LogP contribution in [-0.4, -0.2) is 80.7 Å². The Labute approximate surface area is 251 Å². The number of fused-ring (bicyclic) bond motifs is 2. The molecular weight excluding hydrogens is 564 g/mol. The maximum atomic E-state index is 13.7. The fourth-order valence-corrected chi connectivity index (χ4v) is 5.95. The zero-order valence-corrected chi connectivity index (χ0v) is 26.5. The van der Waals surface area contributed by atoms with Crippen LogP contribution in [0.4, 0.5) is 4.79 Å². The number of thioether (sulfide) groups is 1. The van der Waals surface area contributed by atoms with E-state index in [2.05, 4.69) is 5.32 Å². The van der Waals surface area contributed by atoms with Gasteiger partial charge in [0.25, 0.3) is 5.91 Å². The van der Waals surface area contributed by atoms with Crippen LogP contribution in [0.5, 0.6) is 0 Å². The van der Waals surface area contributed by atoms with Gasteiger partial charge in [-0.05, 0) is 57.3 Å². The number of rotatable bonds is 5. The van der Waals surface area contributed by atoms with Gasteiger partial charge in [-0.1, -0.05) is 26.0 Å². The van der Waals surface area contributed by atoms with Gasteiger partial charge in [0.2, 0.25) is 11.6 Å². The summed E-state index contributed by atoms with van der Waals surface area (Å²) in [6, 6.07) is 0. The van der Waals surface area contributed by atoms with Crippen molar-refractivity contribution in [1.29, 1.82) is 0 Å². The molecule has 234 valence electrons. The van der Waals surface area contributed by atoms with Crippen LogP contribution >= 0.6 is 11.8 Å². The number of carbonyl (C=O) groups excluding carboxylic acids is 4. The number of Topliss-reactive ketones (excluding diaryl/α,β-unsaturated/α-hetero) is 2. The third-order valence-electron chi connectivity index (χ3n) is 7.59. The van der Waals surface area contributed by atoms with Crippen molar-refractivity contribution in [2.24, 2.45) is 17.6 Å². The van der Waals surface area contributed by atoms with E-state index in [0.29, 0.717) is 30.4 Å². The number of nitrogens with two attached hydrogens (primary N) is 1. The van der Waals surface area contributed by atoms with E-state index >= 15 is 0 Å². The molecule has 0 radical (unpaired) electrons. The van der Waals surface area contributed by atoms with Gasteiger partial charge in [0.1, 0.15) is 5.70 Å². The SMILES string of the molecule is COC1=C2CC(C)CC(OC)C(O)C(C)C=C(C)C(OC(N)=O)C(OC)CCC=C(C)C(=O)NC(=C(SC)C1=O)C2=O. The molecule has 0 aromatic carbocycles. The lowest BCUT2D eigenvalue weighted by Gasteiger charge is -2.30. The molecule has 0 spiro atoms. The molecule has 4 N–H and O–H groups in total. The summed E-state index contributed by atoms with van der Waals surface area (Å²) in [6.45, 7) is 7.06. The number of aliphatic hydroxyl groups is 1. The molecule has 1 aliphatic heterocycles. The normalized spacial score (nSPS) is 29.1. The van der Waals surface area contributed by atoms with Crippen molar-refractivity contribution in [3.63, 3.8) is 0 Å². The summed E-state index contributed by atoms with van der Waals surface area (Å²) in [5.41, 5.74) is 6.40. The van der Waals surface area contributed by atoms with E-state index < -0.39 is 53.9 Å². The molecule has 6 atom stereocenters. The average molecular weight is 609 g/mol. The first-order valence-electron chi connectivity index (χ1n) is 13.8. The molecular formula is C30H44N2O9S. The standard InChI is InChI=1S/C30H44N2O9S/c1-15-12-19-24(34)22(28(42-8)25(35)27(19)40-7)32-29(36)16(2)10-9-11-20(38-5)26(41-30(31)37)18(4)14-17(3)23(33)21(13-15)39-6/h10,14-15,17,20-21,23,26,33H,9,11-13H2,1-8H3,(H2,31,37)(H,32,36). The van der Waals surface area contributed by atoms with E-state index in [-0.39, 0.29) is 34.3 Å². The summed E-state index contributed by atoms with van der Waals surface area (Å²) in [6.07, 6.45) is 2.37. The fourth-order valence-electron chi connectivity index (χ4n) is 5.32. The summed E-state index contributed by atoms with van der Waals surface area (Å²) >= 11 is 1.05. The van der Waals surface area contributed by atoms with Crippen molar-refractivity contribution < 1.29 is 43.2 Å². The highest BCUT2D eigenvalue weighted by Crippen LogP contribution is 2.34. The third kappa shape index (κ3) is 8.56. The van der Waals surface area contributed by atoms with Crippen LogP contribution in [0.3, 0.4) is 0 Å². The van der Waals surface area contributed by atoms with Gasteiger partial charge in [-0.3, -0.25) is 14.4 Å². The number of methoxy groups -OCH3 is 3. The van der Waals surface area contributed by atoms with Crippen LogP contribution in [0.15, 0.2) is 45.2 Å². The molecule has 0 aromatic rings. The van der Waals surface area contributed by atoms with Crippen molar-refractivity contribution >= 4 is 35.3 Å².